The molecule has 2 heteroatoms. The molecule has 0 aliphatic heterocycles. The van der Waals surface area contributed by atoms with Crippen molar-refractivity contribution in [3.05, 3.63) is 0 Å². The van der Waals surface area contributed by atoms with Gasteiger partial charge in [-0.15, -0.1) is 0 Å². The van der Waals surface area contributed by atoms with Crippen LogP contribution in [0.3, 0.4) is 0 Å². The SMILES string of the molecule is C.C.CCCOC(=O)CC. The molecule has 0 aromatic carbocycles. The minimum atomic E-state index is -0.105. The van der Waals surface area contributed by atoms with Crippen LogP contribution in [-0.4, -0.2) is 12.6 Å². The molecule has 0 aromatic heterocycles. The number of rotatable bonds is 3. The number of hydrogen-bond acceptors (Lipinski definition) is 2. The average molecular weight is 148 g/mol. The van der Waals surface area contributed by atoms with Gasteiger partial charge in [0.1, 0.15) is 0 Å². The summed E-state index contributed by atoms with van der Waals surface area (Å²) in [6.45, 7) is 4.33. The van der Waals surface area contributed by atoms with Gasteiger partial charge in [0, 0.05) is 6.42 Å². The van der Waals surface area contributed by atoms with Crippen molar-refractivity contribution in [3.8, 4) is 0 Å². The topological polar surface area (TPSA) is 26.3 Å². The molecule has 0 saturated heterocycles. The highest BCUT2D eigenvalue weighted by Crippen LogP contribution is 1.85. The summed E-state index contributed by atoms with van der Waals surface area (Å²) in [6.07, 6.45) is 1.39. The van der Waals surface area contributed by atoms with Crippen molar-refractivity contribution < 1.29 is 9.53 Å². The van der Waals surface area contributed by atoms with Gasteiger partial charge in [0.15, 0.2) is 0 Å². The number of carbonyl (C=O) groups excluding carboxylic acids is 1. The van der Waals surface area contributed by atoms with Crippen LogP contribution in [0, 0.1) is 0 Å². The van der Waals surface area contributed by atoms with Gasteiger partial charge in [0.05, 0.1) is 6.61 Å². The van der Waals surface area contributed by atoms with Gasteiger partial charge >= 0.3 is 5.97 Å². The second kappa shape index (κ2) is 11.3. The summed E-state index contributed by atoms with van der Waals surface area (Å²) in [5.74, 6) is -0.105. The summed E-state index contributed by atoms with van der Waals surface area (Å²) in [5, 5.41) is 0. The van der Waals surface area contributed by atoms with Crippen molar-refractivity contribution in [2.45, 2.75) is 41.5 Å². The van der Waals surface area contributed by atoms with Gasteiger partial charge in [-0.2, -0.15) is 0 Å². The molecule has 0 unspecified atom stereocenters. The molecule has 0 spiro atoms. The third-order valence-corrected chi connectivity index (χ3v) is 0.756. The smallest absolute Gasteiger partial charge is 0.305 e. The zero-order valence-corrected chi connectivity index (χ0v) is 5.44. The fraction of sp³-hybridized carbons (Fsp3) is 0.875. The normalized spacial score (nSPS) is 7.00. The van der Waals surface area contributed by atoms with Crippen molar-refractivity contribution >= 4 is 5.97 Å². The third-order valence-electron chi connectivity index (χ3n) is 0.756. The van der Waals surface area contributed by atoms with Crippen LogP contribution in [0.25, 0.3) is 0 Å². The van der Waals surface area contributed by atoms with Crippen LogP contribution < -0.4 is 0 Å². The molecule has 0 heterocycles. The van der Waals surface area contributed by atoms with Gasteiger partial charge in [-0.05, 0) is 6.42 Å². The van der Waals surface area contributed by atoms with Crippen LogP contribution >= 0.6 is 0 Å². The minimum Gasteiger partial charge on any atom is -0.466 e. The number of carbonyl (C=O) groups is 1. The Morgan fingerprint density at radius 1 is 1.30 bits per heavy atom. The molecule has 0 rings (SSSR count). The summed E-state index contributed by atoms with van der Waals surface area (Å²) in [4.78, 5) is 10.3. The number of ether oxygens (including phenoxy) is 1. The van der Waals surface area contributed by atoms with Crippen molar-refractivity contribution in [1.82, 2.24) is 0 Å². The van der Waals surface area contributed by atoms with Gasteiger partial charge in [-0.25, -0.2) is 0 Å². The maximum absolute atomic E-state index is 10.3. The van der Waals surface area contributed by atoms with E-state index in [0.29, 0.717) is 13.0 Å². The number of hydrogen-bond donors (Lipinski definition) is 0. The highest BCUT2D eigenvalue weighted by molar-refractivity contribution is 5.68. The average Bonchev–Trinajstić information content (AvgIpc) is 1.83. The molecule has 0 aliphatic carbocycles. The van der Waals surface area contributed by atoms with Crippen LogP contribution in [0.2, 0.25) is 0 Å². The largest absolute Gasteiger partial charge is 0.466 e. The summed E-state index contributed by atoms with van der Waals surface area (Å²) in [5.41, 5.74) is 0. The summed E-state index contributed by atoms with van der Waals surface area (Å²) in [6, 6.07) is 0. The van der Waals surface area contributed by atoms with Crippen molar-refractivity contribution in [2.24, 2.45) is 0 Å². The zero-order valence-electron chi connectivity index (χ0n) is 5.44. The van der Waals surface area contributed by atoms with Gasteiger partial charge in [-0.1, -0.05) is 28.7 Å². The van der Waals surface area contributed by atoms with Gasteiger partial charge in [0.2, 0.25) is 0 Å². The molecule has 0 fully saturated rings. The van der Waals surface area contributed by atoms with E-state index in [0.717, 1.165) is 6.42 Å². The molecular formula is C8H20O2. The van der Waals surface area contributed by atoms with Crippen molar-refractivity contribution in [3.63, 3.8) is 0 Å². The lowest BCUT2D eigenvalue weighted by Gasteiger charge is -1.97. The molecule has 0 saturated carbocycles. The van der Waals surface area contributed by atoms with Crippen LogP contribution in [0.4, 0.5) is 0 Å². The molecule has 0 aromatic rings. The van der Waals surface area contributed by atoms with E-state index >= 15 is 0 Å². The van der Waals surface area contributed by atoms with Crippen molar-refractivity contribution in [2.75, 3.05) is 6.61 Å². The minimum absolute atomic E-state index is 0. The standard InChI is InChI=1S/C6H12O2.2CH4/c1-3-5-8-6(7)4-2;;/h3-5H2,1-2H3;2*1H4. The molecule has 0 amide bonds. The van der Waals surface area contributed by atoms with E-state index in [1.54, 1.807) is 6.92 Å². The predicted octanol–water partition coefficient (Wildman–Crippen LogP) is 2.62. The van der Waals surface area contributed by atoms with Crippen LogP contribution in [0.15, 0.2) is 0 Å². The lowest BCUT2D eigenvalue weighted by Crippen LogP contribution is -2.02. The first-order valence-electron chi connectivity index (χ1n) is 2.96. The Bertz CT molecular complexity index is 69.7. The maximum atomic E-state index is 10.3. The van der Waals surface area contributed by atoms with E-state index in [4.69, 9.17) is 4.74 Å². The van der Waals surface area contributed by atoms with Crippen LogP contribution in [-0.2, 0) is 9.53 Å². The summed E-state index contributed by atoms with van der Waals surface area (Å²) < 4.78 is 4.70. The molecule has 0 N–H and O–H groups in total. The Balaban J connectivity index is -0.000000245. The Kier molecular flexibility index (Phi) is 18.3. The molecule has 0 radical (unpaired) electrons. The molecule has 2 nitrogen and oxygen atoms in total. The van der Waals surface area contributed by atoms with Crippen LogP contribution in [0.5, 0.6) is 0 Å². The molecule has 0 aliphatic rings. The first-order valence-corrected chi connectivity index (χ1v) is 2.96. The fourth-order valence-electron chi connectivity index (χ4n) is 0.318. The Morgan fingerprint density at radius 3 is 2.10 bits per heavy atom. The van der Waals surface area contributed by atoms with Crippen molar-refractivity contribution in [1.29, 1.82) is 0 Å². The summed E-state index contributed by atoms with van der Waals surface area (Å²) in [7, 11) is 0. The molecular weight excluding hydrogens is 128 g/mol. The third kappa shape index (κ3) is 10.5. The monoisotopic (exact) mass is 148 g/mol. The fourth-order valence-corrected chi connectivity index (χ4v) is 0.318. The first-order chi connectivity index (χ1) is 3.81. The second-order valence-electron chi connectivity index (χ2n) is 1.57. The second-order valence-corrected chi connectivity index (χ2v) is 1.57. The Hall–Kier alpha value is -0.530. The van der Waals surface area contributed by atoms with E-state index < -0.39 is 0 Å². The Morgan fingerprint density at radius 2 is 1.80 bits per heavy atom. The van der Waals surface area contributed by atoms with Gasteiger partial charge in [0.25, 0.3) is 0 Å². The quantitative estimate of drug-likeness (QED) is 0.575. The van der Waals surface area contributed by atoms with Gasteiger partial charge < -0.3 is 4.74 Å². The predicted molar refractivity (Wildman–Crippen MR) is 45.0 cm³/mol. The zero-order chi connectivity index (χ0) is 6.41. The van der Waals surface area contributed by atoms with E-state index in [1.165, 1.54) is 0 Å². The maximum Gasteiger partial charge on any atom is 0.305 e. The van der Waals surface area contributed by atoms with Gasteiger partial charge in [-0.3, -0.25) is 4.79 Å². The lowest BCUT2D eigenvalue weighted by atomic mass is 10.5. The highest BCUT2D eigenvalue weighted by Gasteiger charge is 1.93. The lowest BCUT2D eigenvalue weighted by molar-refractivity contribution is -0.143. The van der Waals surface area contributed by atoms with E-state index in [2.05, 4.69) is 0 Å². The van der Waals surface area contributed by atoms with E-state index in [1.807, 2.05) is 6.92 Å². The van der Waals surface area contributed by atoms with E-state index in [9.17, 15) is 4.79 Å². The molecule has 0 atom stereocenters. The van der Waals surface area contributed by atoms with E-state index in [-0.39, 0.29) is 20.8 Å². The molecule has 64 valence electrons. The first kappa shape index (κ1) is 16.2. The summed E-state index contributed by atoms with van der Waals surface area (Å²) >= 11 is 0. The molecule has 0 bridgehead atoms. The highest BCUT2D eigenvalue weighted by atomic mass is 16.5. The molecule has 10 heavy (non-hydrogen) atoms. The van der Waals surface area contributed by atoms with Crippen LogP contribution in [0.1, 0.15) is 41.5 Å². The Labute approximate surface area is 64.6 Å². The number of esters is 1.